The largest absolute Gasteiger partial charge is 0.451 e. The van der Waals surface area contributed by atoms with E-state index in [2.05, 4.69) is 18.3 Å². The van der Waals surface area contributed by atoms with E-state index in [4.69, 9.17) is 4.74 Å². The number of carbonyl (C=O) groups excluding carboxylic acids is 1. The van der Waals surface area contributed by atoms with Gasteiger partial charge in [-0.3, -0.25) is 4.79 Å². The minimum absolute atomic E-state index is 0.205. The summed E-state index contributed by atoms with van der Waals surface area (Å²) in [5, 5.41) is 2.96. The number of allylic oxidation sites excluding steroid dienone is 1. The number of nitrogens with zero attached hydrogens (tertiary/aromatic N) is 1. The third-order valence-electron chi connectivity index (χ3n) is 5.92. The first-order chi connectivity index (χ1) is 15.0. The molecule has 1 unspecified atom stereocenters. The number of rotatable bonds is 6. The number of piperidine rings is 1. The first kappa shape index (κ1) is 21.8. The van der Waals surface area contributed by atoms with Crippen LogP contribution in [0, 0.1) is 0 Å². The van der Waals surface area contributed by atoms with Gasteiger partial charge in [0, 0.05) is 26.1 Å². The Balaban J connectivity index is 1.36. The average Bonchev–Trinajstić information content (AvgIpc) is 2.82. The predicted octanol–water partition coefficient (Wildman–Crippen LogP) is 4.28. The van der Waals surface area contributed by atoms with Crippen molar-refractivity contribution in [1.82, 2.24) is 9.62 Å². The van der Waals surface area contributed by atoms with Crippen LogP contribution in [-0.4, -0.2) is 27.5 Å². The first-order valence-electron chi connectivity index (χ1n) is 11.1. The van der Waals surface area contributed by atoms with Crippen LogP contribution in [0.15, 0.2) is 58.7 Å². The lowest BCUT2D eigenvalue weighted by Gasteiger charge is -2.25. The molecule has 2 heterocycles. The third kappa shape index (κ3) is 5.08. The molecule has 1 fully saturated rings. The SMILES string of the molecule is CCc1ccc2c(c1)CC(C)=C(C(=O)NCc1ccc(S(=O)N3CCCCC3)cc1)O2. The van der Waals surface area contributed by atoms with Gasteiger partial charge in [0.15, 0.2) is 5.76 Å². The van der Waals surface area contributed by atoms with E-state index in [-0.39, 0.29) is 5.91 Å². The van der Waals surface area contributed by atoms with Crippen LogP contribution in [0.3, 0.4) is 0 Å². The highest BCUT2D eigenvalue weighted by Crippen LogP contribution is 2.31. The molecule has 2 aliphatic heterocycles. The van der Waals surface area contributed by atoms with Crippen molar-refractivity contribution in [2.45, 2.75) is 57.4 Å². The van der Waals surface area contributed by atoms with Crippen LogP contribution in [0.4, 0.5) is 0 Å². The van der Waals surface area contributed by atoms with Crippen LogP contribution in [-0.2, 0) is 35.2 Å². The summed E-state index contributed by atoms with van der Waals surface area (Å²) < 4.78 is 20.7. The summed E-state index contributed by atoms with van der Waals surface area (Å²) in [6.07, 6.45) is 5.14. The summed E-state index contributed by atoms with van der Waals surface area (Å²) in [5.74, 6) is 0.945. The molecule has 0 saturated carbocycles. The Morgan fingerprint density at radius 2 is 1.77 bits per heavy atom. The van der Waals surface area contributed by atoms with Crippen LogP contribution >= 0.6 is 0 Å². The molecule has 31 heavy (non-hydrogen) atoms. The summed E-state index contributed by atoms with van der Waals surface area (Å²) in [6.45, 7) is 6.26. The van der Waals surface area contributed by atoms with Gasteiger partial charge < -0.3 is 10.1 Å². The molecule has 5 nitrogen and oxygen atoms in total. The number of amides is 1. The van der Waals surface area contributed by atoms with E-state index in [9.17, 15) is 9.00 Å². The third-order valence-corrected chi connectivity index (χ3v) is 7.43. The van der Waals surface area contributed by atoms with Gasteiger partial charge in [-0.15, -0.1) is 0 Å². The van der Waals surface area contributed by atoms with Gasteiger partial charge in [-0.1, -0.05) is 37.6 Å². The molecule has 1 atom stereocenters. The second-order valence-electron chi connectivity index (χ2n) is 8.25. The molecule has 2 aliphatic rings. The Labute approximate surface area is 187 Å². The molecular formula is C25H30N2O3S. The lowest BCUT2D eigenvalue weighted by Crippen LogP contribution is -2.31. The van der Waals surface area contributed by atoms with E-state index >= 15 is 0 Å². The number of fused-ring (bicyclic) bond motifs is 1. The van der Waals surface area contributed by atoms with Crippen molar-refractivity contribution >= 4 is 16.9 Å². The van der Waals surface area contributed by atoms with E-state index in [0.29, 0.717) is 12.3 Å². The number of benzene rings is 2. The number of hydrogen-bond acceptors (Lipinski definition) is 3. The van der Waals surface area contributed by atoms with Crippen LogP contribution in [0.1, 0.15) is 49.8 Å². The van der Waals surface area contributed by atoms with Crippen LogP contribution in [0.5, 0.6) is 5.75 Å². The molecule has 4 rings (SSSR count). The lowest BCUT2D eigenvalue weighted by atomic mass is 9.98. The quantitative estimate of drug-likeness (QED) is 0.732. The summed E-state index contributed by atoms with van der Waals surface area (Å²) in [4.78, 5) is 13.6. The van der Waals surface area contributed by atoms with E-state index in [1.54, 1.807) is 0 Å². The van der Waals surface area contributed by atoms with Crippen molar-refractivity contribution in [3.63, 3.8) is 0 Å². The average molecular weight is 439 g/mol. The maximum absolute atomic E-state index is 12.7. The van der Waals surface area contributed by atoms with Gasteiger partial charge in [-0.25, -0.2) is 8.51 Å². The molecule has 2 aromatic carbocycles. The highest BCUT2D eigenvalue weighted by Gasteiger charge is 2.23. The maximum atomic E-state index is 12.7. The minimum Gasteiger partial charge on any atom is -0.451 e. The van der Waals surface area contributed by atoms with Gasteiger partial charge in [0.25, 0.3) is 5.91 Å². The van der Waals surface area contributed by atoms with Crippen molar-refractivity contribution in [1.29, 1.82) is 0 Å². The highest BCUT2D eigenvalue weighted by atomic mass is 32.2. The van der Waals surface area contributed by atoms with Crippen molar-refractivity contribution < 1.29 is 13.7 Å². The molecular weight excluding hydrogens is 408 g/mol. The highest BCUT2D eigenvalue weighted by molar-refractivity contribution is 7.82. The summed E-state index contributed by atoms with van der Waals surface area (Å²) in [6, 6.07) is 13.8. The molecule has 0 radical (unpaired) electrons. The van der Waals surface area contributed by atoms with E-state index in [1.807, 2.05) is 47.6 Å². The number of ether oxygens (including phenoxy) is 1. The molecule has 164 valence electrons. The van der Waals surface area contributed by atoms with Gasteiger partial charge in [-0.05, 0) is 66.6 Å². The summed E-state index contributed by atoms with van der Waals surface area (Å²) >= 11 is 0. The number of nitrogens with one attached hydrogen (secondary N) is 1. The Hall–Kier alpha value is -2.44. The number of hydrogen-bond donors (Lipinski definition) is 1. The topological polar surface area (TPSA) is 58.6 Å². The first-order valence-corrected chi connectivity index (χ1v) is 12.2. The fraction of sp³-hybridized carbons (Fsp3) is 0.400. The fourth-order valence-corrected chi connectivity index (χ4v) is 5.32. The summed E-state index contributed by atoms with van der Waals surface area (Å²) in [7, 11) is -1.10. The normalized spacial score (nSPS) is 17.6. The predicted molar refractivity (Wildman–Crippen MR) is 123 cm³/mol. The Kier molecular flexibility index (Phi) is 6.88. The van der Waals surface area contributed by atoms with E-state index < -0.39 is 11.0 Å². The van der Waals surface area contributed by atoms with Crippen molar-refractivity contribution in [3.05, 3.63) is 70.5 Å². The Morgan fingerprint density at radius 1 is 1.06 bits per heavy atom. The Morgan fingerprint density at radius 3 is 2.48 bits per heavy atom. The number of carbonyl (C=O) groups is 1. The zero-order valence-electron chi connectivity index (χ0n) is 18.3. The zero-order chi connectivity index (χ0) is 21.8. The summed E-state index contributed by atoms with van der Waals surface area (Å²) in [5.41, 5.74) is 4.30. The van der Waals surface area contributed by atoms with Gasteiger partial charge in [0.2, 0.25) is 0 Å². The van der Waals surface area contributed by atoms with Crippen LogP contribution < -0.4 is 10.1 Å². The van der Waals surface area contributed by atoms with Gasteiger partial charge in [0.05, 0.1) is 4.90 Å². The van der Waals surface area contributed by atoms with E-state index in [0.717, 1.165) is 66.1 Å². The monoisotopic (exact) mass is 438 g/mol. The minimum atomic E-state index is -1.10. The molecule has 2 aromatic rings. The van der Waals surface area contributed by atoms with Crippen molar-refractivity contribution in [2.24, 2.45) is 0 Å². The van der Waals surface area contributed by atoms with Gasteiger partial charge >= 0.3 is 0 Å². The van der Waals surface area contributed by atoms with Crippen molar-refractivity contribution in [3.8, 4) is 5.75 Å². The zero-order valence-corrected chi connectivity index (χ0v) is 19.1. The van der Waals surface area contributed by atoms with Gasteiger partial charge in [-0.2, -0.15) is 0 Å². The standard InChI is InChI=1S/C25H30N2O3S/c1-3-19-9-12-23-21(16-19)15-18(2)24(30-23)25(28)26-17-20-7-10-22(11-8-20)31(29)27-13-5-4-6-14-27/h7-12,16H,3-6,13-15,17H2,1-2H3,(H,26,28). The molecule has 1 N–H and O–H groups in total. The van der Waals surface area contributed by atoms with Gasteiger partial charge in [0.1, 0.15) is 16.7 Å². The van der Waals surface area contributed by atoms with Crippen LogP contribution in [0.2, 0.25) is 0 Å². The van der Waals surface area contributed by atoms with Crippen molar-refractivity contribution in [2.75, 3.05) is 13.1 Å². The molecule has 0 spiro atoms. The fourth-order valence-electron chi connectivity index (χ4n) is 4.06. The molecule has 0 bridgehead atoms. The second-order valence-corrected chi connectivity index (χ2v) is 9.74. The number of aryl methyl sites for hydroxylation is 1. The Bertz CT molecular complexity index is 1010. The second kappa shape index (κ2) is 9.79. The molecule has 0 aromatic heterocycles. The lowest BCUT2D eigenvalue weighted by molar-refractivity contribution is -0.119. The smallest absolute Gasteiger partial charge is 0.287 e. The molecule has 1 saturated heterocycles. The molecule has 6 heteroatoms. The van der Waals surface area contributed by atoms with E-state index in [1.165, 1.54) is 12.0 Å². The van der Waals surface area contributed by atoms with Crippen LogP contribution in [0.25, 0.3) is 0 Å². The maximum Gasteiger partial charge on any atom is 0.287 e. The molecule has 1 amide bonds. The molecule has 0 aliphatic carbocycles.